The van der Waals surface area contributed by atoms with E-state index in [1.807, 2.05) is 24.3 Å². The van der Waals surface area contributed by atoms with Crippen LogP contribution in [0.15, 0.2) is 67.0 Å². The summed E-state index contributed by atoms with van der Waals surface area (Å²) in [5, 5.41) is 41.8. The second kappa shape index (κ2) is 18.4. The number of rotatable bonds is 17. The number of aliphatic carboxylic acids is 1. The largest absolute Gasteiger partial charge is 0.493 e. The van der Waals surface area contributed by atoms with E-state index in [1.165, 1.54) is 13.1 Å². The Balaban J connectivity index is 1.31. The number of ether oxygens (including phenoxy) is 3. The quantitative estimate of drug-likeness (QED) is 0.0914. The van der Waals surface area contributed by atoms with Crippen molar-refractivity contribution >= 4 is 17.6 Å². The minimum atomic E-state index is -1.59. The second-order valence-corrected chi connectivity index (χ2v) is 14.0. The lowest BCUT2D eigenvalue weighted by Crippen LogP contribution is -2.52. The number of aromatic nitrogens is 1. The maximum atomic E-state index is 11.8. The highest BCUT2D eigenvalue weighted by molar-refractivity contribution is 6.32. The molecule has 0 spiro atoms. The van der Waals surface area contributed by atoms with Gasteiger partial charge in [0, 0.05) is 49.2 Å². The summed E-state index contributed by atoms with van der Waals surface area (Å²) in [5.74, 6) is 0.392. The zero-order valence-corrected chi connectivity index (χ0v) is 31.2. The molecule has 2 heterocycles. The number of piperidine rings is 1. The van der Waals surface area contributed by atoms with Crippen LogP contribution in [0.2, 0.25) is 5.02 Å². The van der Waals surface area contributed by atoms with Gasteiger partial charge >= 0.3 is 5.97 Å². The predicted octanol–water partition coefficient (Wildman–Crippen LogP) is 6.20. The van der Waals surface area contributed by atoms with E-state index in [0.29, 0.717) is 39.8 Å². The van der Waals surface area contributed by atoms with Gasteiger partial charge in [0.15, 0.2) is 0 Å². The molecule has 0 saturated carbocycles. The molecule has 53 heavy (non-hydrogen) atoms. The number of hydrogen-bond donors (Lipinski definition) is 4. The fourth-order valence-electron chi connectivity index (χ4n) is 6.29. The Morgan fingerprint density at radius 2 is 1.77 bits per heavy atom. The first-order valence-corrected chi connectivity index (χ1v) is 18.1. The van der Waals surface area contributed by atoms with Gasteiger partial charge in [-0.3, -0.25) is 15.1 Å². The average Bonchev–Trinajstić information content (AvgIpc) is 3.15. The third-order valence-electron chi connectivity index (χ3n) is 9.65. The molecule has 0 radical (unpaired) electrons. The van der Waals surface area contributed by atoms with Crippen LogP contribution in [0.5, 0.6) is 17.2 Å². The molecular weight excluding hydrogens is 696 g/mol. The summed E-state index contributed by atoms with van der Waals surface area (Å²) in [6, 6.07) is 19.2. The molecule has 2 unspecified atom stereocenters. The van der Waals surface area contributed by atoms with Crippen molar-refractivity contribution in [3.8, 4) is 34.4 Å². The van der Waals surface area contributed by atoms with E-state index in [2.05, 4.69) is 47.3 Å². The number of carboxylic acids is 1. The first-order valence-electron chi connectivity index (χ1n) is 17.7. The summed E-state index contributed by atoms with van der Waals surface area (Å²) in [4.78, 5) is 18.2. The van der Waals surface area contributed by atoms with Gasteiger partial charge in [-0.2, -0.15) is 5.26 Å². The van der Waals surface area contributed by atoms with Crippen molar-refractivity contribution in [2.24, 2.45) is 0 Å². The lowest BCUT2D eigenvalue weighted by Gasteiger charge is -2.29. The SMILES string of the molecule is Cc1c(COc2cc(OCc3cncc(C#N)c3)c(CNC(C)(CO)C(=O)O)cc2Cl)cccc1-c1cccc(OCCCN2CCCC(O)C2)c1C. The highest BCUT2D eigenvalue weighted by atomic mass is 35.5. The van der Waals surface area contributed by atoms with Crippen LogP contribution in [0.4, 0.5) is 0 Å². The summed E-state index contributed by atoms with van der Waals surface area (Å²) >= 11 is 6.73. The summed E-state index contributed by atoms with van der Waals surface area (Å²) in [6.07, 6.45) is 5.62. The van der Waals surface area contributed by atoms with Gasteiger partial charge in [-0.05, 0) is 92.6 Å². The van der Waals surface area contributed by atoms with E-state index in [-0.39, 0.29) is 25.9 Å². The lowest BCUT2D eigenvalue weighted by atomic mass is 9.93. The summed E-state index contributed by atoms with van der Waals surface area (Å²) in [7, 11) is 0. The number of aliphatic hydroxyl groups excluding tert-OH is 2. The van der Waals surface area contributed by atoms with E-state index < -0.39 is 18.1 Å². The van der Waals surface area contributed by atoms with Gasteiger partial charge in [0.05, 0.1) is 29.9 Å². The van der Waals surface area contributed by atoms with Crippen LogP contribution in [0, 0.1) is 25.2 Å². The van der Waals surface area contributed by atoms with Gasteiger partial charge in [0.1, 0.15) is 42.1 Å². The zero-order valence-electron chi connectivity index (χ0n) is 30.4. The van der Waals surface area contributed by atoms with Crippen molar-refractivity contribution in [3.05, 3.63) is 105 Å². The molecule has 0 bridgehead atoms. The molecule has 1 saturated heterocycles. The molecule has 0 amide bonds. The molecular formula is C41H47ClN4O7. The van der Waals surface area contributed by atoms with Crippen molar-refractivity contribution in [3.63, 3.8) is 0 Å². The van der Waals surface area contributed by atoms with Crippen molar-refractivity contribution in [1.29, 1.82) is 5.26 Å². The van der Waals surface area contributed by atoms with Gasteiger partial charge in [0.2, 0.25) is 0 Å². The molecule has 1 fully saturated rings. The minimum Gasteiger partial charge on any atom is -0.493 e. The number of pyridine rings is 1. The fourth-order valence-corrected chi connectivity index (χ4v) is 6.53. The molecule has 1 aromatic heterocycles. The summed E-state index contributed by atoms with van der Waals surface area (Å²) < 4.78 is 18.7. The Kier molecular flexibility index (Phi) is 13.7. The number of halogens is 1. The van der Waals surface area contributed by atoms with Crippen molar-refractivity contribution in [1.82, 2.24) is 15.2 Å². The Morgan fingerprint density at radius 3 is 2.51 bits per heavy atom. The highest BCUT2D eigenvalue weighted by Crippen LogP contribution is 2.36. The highest BCUT2D eigenvalue weighted by Gasteiger charge is 2.32. The number of benzene rings is 3. The third kappa shape index (κ3) is 10.3. The third-order valence-corrected chi connectivity index (χ3v) is 9.95. The van der Waals surface area contributed by atoms with Crippen molar-refractivity contribution in [2.45, 2.75) is 71.4 Å². The molecule has 1 aliphatic heterocycles. The molecule has 5 rings (SSSR count). The molecule has 280 valence electrons. The number of carboxylic acid groups (broad SMARTS) is 1. The smallest absolute Gasteiger partial charge is 0.326 e. The molecule has 4 aromatic rings. The van der Waals surface area contributed by atoms with Crippen molar-refractivity contribution in [2.75, 3.05) is 32.8 Å². The standard InChI is InChI=1S/C41H47ClN4O7/c1-27-31(8-4-10-34(27)35-11-5-12-37(28(35)2)51-15-7-14-46-13-6-9-33(48)23-46)25-53-39-18-38(52-24-30-16-29(19-43)20-44-21-30)32(17-36(39)42)22-45-41(3,26-47)40(49)50/h4-5,8,10-12,16-18,20-21,33,45,47-48H,6-7,9,13-15,22-26H2,1-3H3,(H,49,50). The number of hydrogen-bond acceptors (Lipinski definition) is 10. The van der Waals surface area contributed by atoms with Gasteiger partial charge in [0.25, 0.3) is 0 Å². The van der Waals surface area contributed by atoms with Crippen LogP contribution >= 0.6 is 11.6 Å². The van der Waals surface area contributed by atoms with Crippen LogP contribution in [0.3, 0.4) is 0 Å². The number of likely N-dealkylation sites (tertiary alicyclic amines) is 1. The number of nitrogens with one attached hydrogen (secondary N) is 1. The molecule has 0 aliphatic carbocycles. The Bertz CT molecular complexity index is 1930. The van der Waals surface area contributed by atoms with E-state index >= 15 is 0 Å². The minimum absolute atomic E-state index is 0.0288. The van der Waals surface area contributed by atoms with Gasteiger partial charge in [-0.15, -0.1) is 0 Å². The second-order valence-electron chi connectivity index (χ2n) is 13.6. The fraction of sp³-hybridized carbons (Fsp3) is 0.390. The van der Waals surface area contributed by atoms with Gasteiger partial charge in [-0.25, -0.2) is 0 Å². The van der Waals surface area contributed by atoms with Crippen LogP contribution < -0.4 is 19.5 Å². The summed E-state index contributed by atoms with van der Waals surface area (Å²) in [5.41, 5.74) is 5.21. The van der Waals surface area contributed by atoms with E-state index in [1.54, 1.807) is 24.4 Å². The molecule has 12 heteroatoms. The van der Waals surface area contributed by atoms with Crippen molar-refractivity contribution < 1.29 is 34.3 Å². The molecule has 3 aromatic carbocycles. The van der Waals surface area contributed by atoms with Crippen LogP contribution in [-0.2, 0) is 24.6 Å². The number of β-amino-alcohol motifs (C(OH)–C–C–N with tert-alkyl or cyclic N) is 1. The number of nitriles is 1. The Morgan fingerprint density at radius 1 is 1.02 bits per heavy atom. The topological polar surface area (TPSA) is 157 Å². The number of nitrogens with zero attached hydrogens (tertiary/aromatic N) is 3. The average molecular weight is 743 g/mol. The first kappa shape index (κ1) is 39.5. The monoisotopic (exact) mass is 742 g/mol. The summed E-state index contributed by atoms with van der Waals surface area (Å²) in [6.45, 7) is 8.46. The molecule has 11 nitrogen and oxygen atoms in total. The zero-order chi connectivity index (χ0) is 38.0. The van der Waals surface area contributed by atoms with Crippen LogP contribution in [0.1, 0.15) is 59.6 Å². The maximum Gasteiger partial charge on any atom is 0.326 e. The Labute approximate surface area is 315 Å². The number of aliphatic hydroxyl groups is 2. The Hall–Kier alpha value is -4.70. The molecule has 2 atom stereocenters. The molecule has 4 N–H and O–H groups in total. The van der Waals surface area contributed by atoms with E-state index in [0.717, 1.165) is 72.5 Å². The normalized spacial score (nSPS) is 15.7. The molecule has 1 aliphatic rings. The van der Waals surface area contributed by atoms with Gasteiger partial charge < -0.3 is 34.4 Å². The number of carbonyl (C=O) groups is 1. The van der Waals surface area contributed by atoms with Crippen LogP contribution in [-0.4, -0.2) is 75.7 Å². The van der Waals surface area contributed by atoms with E-state index in [4.69, 9.17) is 25.8 Å². The predicted molar refractivity (Wildman–Crippen MR) is 202 cm³/mol. The lowest BCUT2D eigenvalue weighted by molar-refractivity contribution is -0.145. The first-order chi connectivity index (χ1) is 25.5. The van der Waals surface area contributed by atoms with Gasteiger partial charge in [-0.1, -0.05) is 41.9 Å². The van der Waals surface area contributed by atoms with Crippen LogP contribution in [0.25, 0.3) is 11.1 Å². The maximum absolute atomic E-state index is 11.8. The van der Waals surface area contributed by atoms with E-state index in [9.17, 15) is 25.4 Å².